The second kappa shape index (κ2) is 4.66. The van der Waals surface area contributed by atoms with Crippen molar-refractivity contribution in [3.63, 3.8) is 0 Å². The van der Waals surface area contributed by atoms with Gasteiger partial charge in [-0.05, 0) is 12.1 Å². The molecule has 0 atom stereocenters. The Morgan fingerprint density at radius 1 is 1.43 bits per heavy atom. The fourth-order valence-electron chi connectivity index (χ4n) is 0.981. The van der Waals surface area contributed by atoms with Gasteiger partial charge in [0.2, 0.25) is 0 Å². The Hall–Kier alpha value is -1.49. The molecule has 0 unspecified atom stereocenters. The van der Waals surface area contributed by atoms with Gasteiger partial charge in [-0.25, -0.2) is 0 Å². The van der Waals surface area contributed by atoms with E-state index in [1.807, 2.05) is 0 Å². The number of rotatable bonds is 4. The summed E-state index contributed by atoms with van der Waals surface area (Å²) in [4.78, 5) is 11.0. The minimum absolute atomic E-state index is 0.0460. The molecule has 0 spiro atoms. The normalized spacial score (nSPS) is 10.3. The zero-order valence-corrected chi connectivity index (χ0v) is 7.11. The van der Waals surface area contributed by atoms with Gasteiger partial charge in [-0.3, -0.25) is 4.79 Å². The van der Waals surface area contributed by atoms with Crippen molar-refractivity contribution in [1.82, 2.24) is 0 Å². The van der Waals surface area contributed by atoms with Gasteiger partial charge in [-0.1, -0.05) is 12.1 Å². The highest BCUT2D eigenvalue weighted by atomic mass is 19.3. The maximum atomic E-state index is 11.9. The molecule has 1 N–H and O–H groups in total. The molecule has 0 saturated carbocycles. The largest absolute Gasteiger partial charge is 0.434 e. The van der Waals surface area contributed by atoms with Gasteiger partial charge in [-0.2, -0.15) is 8.78 Å². The van der Waals surface area contributed by atoms with Crippen LogP contribution in [0.5, 0.6) is 5.75 Å². The number of Topliss-reactive ketones (excluding diaryl/α,β-unsaturated/α-hetero) is 1. The standard InChI is InChI=1S/C9H8F2O3/c10-9(11)14-8-4-2-1-3-6(8)7(13)5-12/h1-4,9,12H,5H2. The number of ketones is 1. The summed E-state index contributed by atoms with van der Waals surface area (Å²) in [5, 5.41) is 8.55. The van der Waals surface area contributed by atoms with E-state index in [2.05, 4.69) is 4.74 Å². The highest BCUT2D eigenvalue weighted by molar-refractivity contribution is 5.99. The molecule has 0 bridgehead atoms. The van der Waals surface area contributed by atoms with E-state index < -0.39 is 19.0 Å². The van der Waals surface area contributed by atoms with Gasteiger partial charge in [0, 0.05) is 0 Å². The molecule has 0 aliphatic heterocycles. The summed E-state index contributed by atoms with van der Waals surface area (Å²) in [7, 11) is 0. The first kappa shape index (κ1) is 10.6. The smallest absolute Gasteiger partial charge is 0.387 e. The molecule has 0 aliphatic rings. The van der Waals surface area contributed by atoms with Crippen LogP contribution in [-0.4, -0.2) is 24.1 Å². The Kier molecular flexibility index (Phi) is 3.53. The zero-order chi connectivity index (χ0) is 10.6. The third kappa shape index (κ3) is 2.50. The lowest BCUT2D eigenvalue weighted by Gasteiger charge is -2.08. The van der Waals surface area contributed by atoms with Crippen LogP contribution in [0.15, 0.2) is 24.3 Å². The zero-order valence-electron chi connectivity index (χ0n) is 7.11. The van der Waals surface area contributed by atoms with Gasteiger partial charge in [0.15, 0.2) is 5.78 Å². The summed E-state index contributed by atoms with van der Waals surface area (Å²) in [6.07, 6.45) is 0. The molecule has 0 saturated heterocycles. The molecule has 1 aromatic carbocycles. The van der Waals surface area contributed by atoms with Crippen molar-refractivity contribution in [3.8, 4) is 5.75 Å². The van der Waals surface area contributed by atoms with Crippen LogP contribution in [0.2, 0.25) is 0 Å². The van der Waals surface area contributed by atoms with E-state index in [1.165, 1.54) is 24.3 Å². The summed E-state index contributed by atoms with van der Waals surface area (Å²) >= 11 is 0. The van der Waals surface area contributed by atoms with E-state index in [0.717, 1.165) is 0 Å². The second-order valence-electron chi connectivity index (χ2n) is 2.46. The minimum Gasteiger partial charge on any atom is -0.434 e. The number of aliphatic hydroxyl groups is 1. The van der Waals surface area contributed by atoms with Crippen LogP contribution in [0.3, 0.4) is 0 Å². The second-order valence-corrected chi connectivity index (χ2v) is 2.46. The average Bonchev–Trinajstić information content (AvgIpc) is 2.16. The molecule has 0 fully saturated rings. The number of para-hydroxylation sites is 1. The molecule has 5 heteroatoms. The molecule has 1 aromatic rings. The van der Waals surface area contributed by atoms with Gasteiger partial charge >= 0.3 is 6.61 Å². The molecule has 0 heterocycles. The summed E-state index contributed by atoms with van der Waals surface area (Å²) in [6.45, 7) is -3.72. The van der Waals surface area contributed by atoms with Crippen molar-refractivity contribution in [1.29, 1.82) is 0 Å². The lowest BCUT2D eigenvalue weighted by atomic mass is 10.1. The number of hydrogen-bond acceptors (Lipinski definition) is 3. The minimum atomic E-state index is -2.98. The van der Waals surface area contributed by atoms with E-state index in [9.17, 15) is 13.6 Å². The number of alkyl halides is 2. The Bertz CT molecular complexity index is 326. The van der Waals surface area contributed by atoms with Crippen molar-refractivity contribution >= 4 is 5.78 Å². The van der Waals surface area contributed by atoms with Crippen molar-refractivity contribution in [3.05, 3.63) is 29.8 Å². The lowest BCUT2D eigenvalue weighted by molar-refractivity contribution is -0.0501. The molecular formula is C9H8F2O3. The first-order valence-corrected chi connectivity index (χ1v) is 3.83. The van der Waals surface area contributed by atoms with Gasteiger partial charge in [0.05, 0.1) is 5.56 Å². The molecular weight excluding hydrogens is 194 g/mol. The van der Waals surface area contributed by atoms with E-state index in [0.29, 0.717) is 0 Å². The Balaban J connectivity index is 2.97. The average molecular weight is 202 g/mol. The fourth-order valence-corrected chi connectivity index (χ4v) is 0.981. The molecule has 0 amide bonds. The van der Waals surface area contributed by atoms with Gasteiger partial charge in [0.25, 0.3) is 0 Å². The Morgan fingerprint density at radius 3 is 2.64 bits per heavy atom. The number of benzene rings is 1. The quantitative estimate of drug-likeness (QED) is 0.752. The van der Waals surface area contributed by atoms with Crippen LogP contribution in [0, 0.1) is 0 Å². The number of carbonyl (C=O) groups is 1. The molecule has 0 aliphatic carbocycles. The topological polar surface area (TPSA) is 46.5 Å². The molecule has 1 rings (SSSR count). The number of halogens is 2. The van der Waals surface area contributed by atoms with Gasteiger partial charge in [-0.15, -0.1) is 0 Å². The SMILES string of the molecule is O=C(CO)c1ccccc1OC(F)F. The van der Waals surface area contributed by atoms with E-state index in [4.69, 9.17) is 5.11 Å². The fraction of sp³-hybridized carbons (Fsp3) is 0.222. The summed E-state index contributed by atoms with van der Waals surface area (Å²) < 4.78 is 27.8. The molecule has 76 valence electrons. The first-order valence-electron chi connectivity index (χ1n) is 3.83. The van der Waals surface area contributed by atoms with Crippen molar-refractivity contribution in [2.75, 3.05) is 6.61 Å². The highest BCUT2D eigenvalue weighted by Crippen LogP contribution is 2.20. The van der Waals surface area contributed by atoms with Crippen LogP contribution in [0.25, 0.3) is 0 Å². The van der Waals surface area contributed by atoms with Crippen molar-refractivity contribution < 1.29 is 23.4 Å². The summed E-state index contributed by atoms with van der Waals surface area (Å²) in [5.41, 5.74) is -0.0460. The van der Waals surface area contributed by atoms with Crippen molar-refractivity contribution in [2.45, 2.75) is 6.61 Å². The third-order valence-corrected chi connectivity index (χ3v) is 1.55. The van der Waals surface area contributed by atoms with Gasteiger partial charge in [0.1, 0.15) is 12.4 Å². The number of ether oxygens (including phenoxy) is 1. The highest BCUT2D eigenvalue weighted by Gasteiger charge is 2.13. The van der Waals surface area contributed by atoms with E-state index >= 15 is 0 Å². The van der Waals surface area contributed by atoms with E-state index in [-0.39, 0.29) is 11.3 Å². The van der Waals surface area contributed by atoms with Gasteiger partial charge < -0.3 is 9.84 Å². The van der Waals surface area contributed by atoms with Crippen LogP contribution in [0.4, 0.5) is 8.78 Å². The van der Waals surface area contributed by atoms with Crippen LogP contribution < -0.4 is 4.74 Å². The van der Waals surface area contributed by atoms with Crippen LogP contribution in [-0.2, 0) is 0 Å². The van der Waals surface area contributed by atoms with Crippen LogP contribution >= 0.6 is 0 Å². The Morgan fingerprint density at radius 2 is 2.07 bits per heavy atom. The molecule has 0 aromatic heterocycles. The maximum absolute atomic E-state index is 11.9. The van der Waals surface area contributed by atoms with Crippen molar-refractivity contribution in [2.24, 2.45) is 0 Å². The first-order chi connectivity index (χ1) is 6.65. The lowest BCUT2D eigenvalue weighted by Crippen LogP contribution is -2.10. The Labute approximate surface area is 78.9 Å². The number of aliphatic hydroxyl groups excluding tert-OH is 1. The predicted octanol–water partition coefficient (Wildman–Crippen LogP) is 1.46. The molecule has 14 heavy (non-hydrogen) atoms. The summed E-state index contributed by atoms with van der Waals surface area (Å²) in [5.74, 6) is -0.872. The number of hydrogen-bond donors (Lipinski definition) is 1. The monoisotopic (exact) mass is 202 g/mol. The third-order valence-electron chi connectivity index (χ3n) is 1.55. The molecule has 0 radical (unpaired) electrons. The summed E-state index contributed by atoms with van der Waals surface area (Å²) in [6, 6.07) is 5.53. The van der Waals surface area contributed by atoms with E-state index in [1.54, 1.807) is 0 Å². The van der Waals surface area contributed by atoms with Crippen LogP contribution in [0.1, 0.15) is 10.4 Å². The maximum Gasteiger partial charge on any atom is 0.387 e. The molecule has 3 nitrogen and oxygen atoms in total. The predicted molar refractivity (Wildman–Crippen MR) is 44.5 cm³/mol. The number of carbonyl (C=O) groups excluding carboxylic acids is 1.